The summed E-state index contributed by atoms with van der Waals surface area (Å²) in [4.78, 5) is 46.2. The van der Waals surface area contributed by atoms with E-state index in [0.29, 0.717) is 0 Å². The minimum Gasteiger partial charge on any atom is -0.392 e. The Morgan fingerprint density at radius 2 is 1.53 bits per heavy atom. The Morgan fingerprint density at radius 1 is 1.00 bits per heavy atom. The van der Waals surface area contributed by atoms with Crippen LogP contribution in [-0.4, -0.2) is 23.5 Å². The Labute approximate surface area is 101 Å². The molecule has 0 amide bonds. The molecule has 0 bridgehead atoms. The summed E-state index contributed by atoms with van der Waals surface area (Å²) in [6.07, 6.45) is 0.0669. The highest BCUT2D eigenvalue weighted by Gasteiger charge is 2.49. The molecule has 0 aromatic heterocycles. The van der Waals surface area contributed by atoms with Crippen LogP contribution in [0.4, 0.5) is 0 Å². The molecule has 0 N–H and O–H groups in total. The van der Waals surface area contributed by atoms with Gasteiger partial charge >= 0.3 is 11.9 Å². The van der Waals surface area contributed by atoms with E-state index in [-0.39, 0.29) is 19.3 Å². The summed E-state index contributed by atoms with van der Waals surface area (Å²) >= 11 is 0. The molecular weight excluding hydrogens is 224 g/mol. The Bertz CT molecular complexity index is 345. The first kappa shape index (κ1) is 15.5. The molecule has 1 unspecified atom stereocenters. The van der Waals surface area contributed by atoms with Crippen molar-refractivity contribution < 1.29 is 23.9 Å². The molecular formula is C12H18O5. The maximum absolute atomic E-state index is 11.8. The van der Waals surface area contributed by atoms with Gasteiger partial charge in [0.15, 0.2) is 17.0 Å². The normalized spacial score (nSPS) is 13.6. The van der Waals surface area contributed by atoms with E-state index in [0.717, 1.165) is 6.92 Å². The molecule has 0 spiro atoms. The summed E-state index contributed by atoms with van der Waals surface area (Å²) in [5.41, 5.74) is -1.82. The van der Waals surface area contributed by atoms with Crippen molar-refractivity contribution in [3.63, 3.8) is 0 Å². The van der Waals surface area contributed by atoms with Crippen LogP contribution in [0.5, 0.6) is 0 Å². The highest BCUT2D eigenvalue weighted by Crippen LogP contribution is 2.28. The van der Waals surface area contributed by atoms with Gasteiger partial charge in [-0.3, -0.25) is 14.4 Å². The van der Waals surface area contributed by atoms with E-state index < -0.39 is 28.9 Å². The summed E-state index contributed by atoms with van der Waals surface area (Å²) in [5, 5.41) is 0. The molecule has 17 heavy (non-hydrogen) atoms. The summed E-state index contributed by atoms with van der Waals surface area (Å²) in [7, 11) is 0. The molecule has 96 valence electrons. The largest absolute Gasteiger partial charge is 0.392 e. The number of carbonyl (C=O) groups excluding carboxylic acids is 4. The summed E-state index contributed by atoms with van der Waals surface area (Å²) in [6.45, 7) is 5.80. The van der Waals surface area contributed by atoms with E-state index in [1.165, 1.54) is 6.92 Å². The van der Waals surface area contributed by atoms with Crippen molar-refractivity contribution >= 4 is 23.5 Å². The number of esters is 2. The smallest absolute Gasteiger partial charge is 0.334 e. The zero-order chi connectivity index (χ0) is 13.6. The van der Waals surface area contributed by atoms with E-state index in [1.54, 1.807) is 13.8 Å². The van der Waals surface area contributed by atoms with Gasteiger partial charge in [-0.1, -0.05) is 20.8 Å². The molecule has 5 heteroatoms. The molecule has 0 aliphatic heterocycles. The van der Waals surface area contributed by atoms with Crippen LogP contribution in [0.1, 0.15) is 47.0 Å². The van der Waals surface area contributed by atoms with Gasteiger partial charge in [0.05, 0.1) is 0 Å². The lowest BCUT2D eigenvalue weighted by Crippen LogP contribution is -2.46. The van der Waals surface area contributed by atoms with Crippen molar-refractivity contribution in [2.45, 2.75) is 47.0 Å². The van der Waals surface area contributed by atoms with E-state index in [9.17, 15) is 19.2 Å². The van der Waals surface area contributed by atoms with E-state index in [2.05, 4.69) is 4.74 Å². The average molecular weight is 242 g/mol. The van der Waals surface area contributed by atoms with Crippen LogP contribution in [0.25, 0.3) is 0 Å². The van der Waals surface area contributed by atoms with Gasteiger partial charge < -0.3 is 4.74 Å². The van der Waals surface area contributed by atoms with E-state index in [4.69, 9.17) is 0 Å². The second-order valence-electron chi connectivity index (χ2n) is 3.71. The number of ketones is 2. The van der Waals surface area contributed by atoms with Gasteiger partial charge in [0, 0.05) is 12.8 Å². The van der Waals surface area contributed by atoms with Crippen LogP contribution in [0.3, 0.4) is 0 Å². The third kappa shape index (κ3) is 2.99. The van der Waals surface area contributed by atoms with Crippen LogP contribution in [0.2, 0.25) is 0 Å². The molecule has 1 atom stereocenters. The molecule has 0 rings (SSSR count). The summed E-state index contributed by atoms with van der Waals surface area (Å²) < 4.78 is 4.52. The quantitative estimate of drug-likeness (QED) is 0.520. The first-order valence-electron chi connectivity index (χ1n) is 5.66. The number of Topliss-reactive ketones (excluding diaryl/α,β-unsaturated/α-hetero) is 2. The summed E-state index contributed by atoms with van der Waals surface area (Å²) in [6, 6.07) is 0. The highest BCUT2D eigenvalue weighted by molar-refractivity contribution is 6.22. The first-order chi connectivity index (χ1) is 7.86. The predicted molar refractivity (Wildman–Crippen MR) is 60.1 cm³/mol. The Balaban J connectivity index is 5.31. The van der Waals surface area contributed by atoms with Gasteiger partial charge in [-0.15, -0.1) is 0 Å². The maximum atomic E-state index is 11.8. The fourth-order valence-corrected chi connectivity index (χ4v) is 1.61. The van der Waals surface area contributed by atoms with Crippen molar-refractivity contribution in [3.05, 3.63) is 0 Å². The van der Waals surface area contributed by atoms with Crippen molar-refractivity contribution in [2.24, 2.45) is 5.41 Å². The minimum atomic E-state index is -1.82. The second-order valence-corrected chi connectivity index (χ2v) is 3.71. The topological polar surface area (TPSA) is 77.5 Å². The minimum absolute atomic E-state index is 0.00480. The Hall–Kier alpha value is -1.52. The lowest BCUT2D eigenvalue weighted by Gasteiger charge is -2.24. The average Bonchev–Trinajstić information content (AvgIpc) is 2.29. The number of rotatable bonds is 6. The van der Waals surface area contributed by atoms with E-state index >= 15 is 0 Å². The van der Waals surface area contributed by atoms with Crippen molar-refractivity contribution in [1.82, 2.24) is 0 Å². The lowest BCUT2D eigenvalue weighted by molar-refractivity contribution is -0.170. The first-order valence-corrected chi connectivity index (χ1v) is 5.66. The molecule has 0 saturated heterocycles. The van der Waals surface area contributed by atoms with Crippen LogP contribution < -0.4 is 0 Å². The number of hydrogen-bond acceptors (Lipinski definition) is 5. The zero-order valence-corrected chi connectivity index (χ0v) is 10.7. The highest BCUT2D eigenvalue weighted by atomic mass is 16.6. The van der Waals surface area contributed by atoms with Crippen LogP contribution in [-0.2, 0) is 23.9 Å². The Morgan fingerprint density at radius 3 is 1.82 bits per heavy atom. The molecule has 0 aromatic rings. The molecule has 0 saturated carbocycles. The zero-order valence-electron chi connectivity index (χ0n) is 10.7. The monoisotopic (exact) mass is 242 g/mol. The SMILES string of the molecule is CCC(=O)OC(=O)C(CC)(C(C)=O)C(=O)CC. The fraction of sp³-hybridized carbons (Fsp3) is 0.667. The van der Waals surface area contributed by atoms with Gasteiger partial charge in [0.1, 0.15) is 0 Å². The number of ether oxygens (including phenoxy) is 1. The predicted octanol–water partition coefficient (Wildman–Crippen LogP) is 1.43. The molecule has 0 radical (unpaired) electrons. The molecule has 0 heterocycles. The summed E-state index contributed by atoms with van der Waals surface area (Å²) in [5.74, 6) is -2.88. The number of carbonyl (C=O) groups is 4. The fourth-order valence-electron chi connectivity index (χ4n) is 1.61. The Kier molecular flexibility index (Phi) is 5.71. The molecule has 0 fully saturated rings. The molecule has 5 nitrogen and oxygen atoms in total. The van der Waals surface area contributed by atoms with Gasteiger partial charge in [0.2, 0.25) is 0 Å². The van der Waals surface area contributed by atoms with E-state index in [1.807, 2.05) is 0 Å². The van der Waals surface area contributed by atoms with Gasteiger partial charge in [-0.05, 0) is 13.3 Å². The van der Waals surface area contributed by atoms with Crippen LogP contribution in [0, 0.1) is 5.41 Å². The molecule has 0 aliphatic carbocycles. The maximum Gasteiger partial charge on any atom is 0.334 e. The molecule has 0 aromatic carbocycles. The molecule has 0 aliphatic rings. The lowest BCUT2D eigenvalue weighted by atomic mass is 9.76. The van der Waals surface area contributed by atoms with Crippen LogP contribution >= 0.6 is 0 Å². The van der Waals surface area contributed by atoms with Crippen molar-refractivity contribution in [2.75, 3.05) is 0 Å². The second kappa shape index (κ2) is 6.27. The third-order valence-corrected chi connectivity index (χ3v) is 2.77. The standard InChI is InChI=1S/C12H18O5/c1-5-9(14)12(7-3,8(4)13)11(16)17-10(15)6-2/h5-7H2,1-4H3. The van der Waals surface area contributed by atoms with Crippen molar-refractivity contribution in [1.29, 1.82) is 0 Å². The van der Waals surface area contributed by atoms with Gasteiger partial charge in [0.25, 0.3) is 0 Å². The van der Waals surface area contributed by atoms with Crippen molar-refractivity contribution in [3.8, 4) is 0 Å². The van der Waals surface area contributed by atoms with Crippen LogP contribution in [0.15, 0.2) is 0 Å². The number of hydrogen-bond donors (Lipinski definition) is 0. The van der Waals surface area contributed by atoms with Gasteiger partial charge in [-0.25, -0.2) is 4.79 Å². The third-order valence-electron chi connectivity index (χ3n) is 2.77. The van der Waals surface area contributed by atoms with Gasteiger partial charge in [-0.2, -0.15) is 0 Å².